The Bertz CT molecular complexity index is 1020. The Kier molecular flexibility index (Phi) is 5.59. The van der Waals surface area contributed by atoms with E-state index < -0.39 is 10.8 Å². The molecule has 2 N–H and O–H groups in total. The van der Waals surface area contributed by atoms with Gasteiger partial charge in [0.05, 0.1) is 16.3 Å². The van der Waals surface area contributed by atoms with E-state index in [4.69, 9.17) is 4.98 Å². The molecule has 3 aromatic rings. The number of nitrogens with one attached hydrogen (secondary N) is 2. The summed E-state index contributed by atoms with van der Waals surface area (Å²) in [6.07, 6.45) is 0. The Morgan fingerprint density at radius 2 is 2.00 bits per heavy atom. The first-order valence-corrected chi connectivity index (χ1v) is 11.0. The van der Waals surface area contributed by atoms with Crippen LogP contribution in [0.1, 0.15) is 11.1 Å². The van der Waals surface area contributed by atoms with Crippen molar-refractivity contribution >= 4 is 33.2 Å². The number of anilines is 2. The van der Waals surface area contributed by atoms with Gasteiger partial charge in [-0.2, -0.15) is 0 Å². The maximum atomic E-state index is 12.6. The zero-order valence-electron chi connectivity index (χ0n) is 16.4. The third kappa shape index (κ3) is 3.88. The smallest absolute Gasteiger partial charge is 0.131 e. The van der Waals surface area contributed by atoms with Crippen LogP contribution >= 0.6 is 0 Å². The van der Waals surface area contributed by atoms with E-state index >= 15 is 0 Å². The molecule has 5 nitrogen and oxygen atoms in total. The summed E-state index contributed by atoms with van der Waals surface area (Å²) in [4.78, 5) is 8.13. The molecule has 0 bridgehead atoms. The molecule has 2 aromatic carbocycles. The van der Waals surface area contributed by atoms with E-state index in [1.54, 1.807) is 0 Å². The van der Waals surface area contributed by atoms with E-state index in [1.165, 1.54) is 5.56 Å². The van der Waals surface area contributed by atoms with Gasteiger partial charge in [0.1, 0.15) is 5.82 Å². The molecule has 0 radical (unpaired) electrons. The van der Waals surface area contributed by atoms with Gasteiger partial charge in [-0.25, -0.2) is 4.98 Å². The van der Waals surface area contributed by atoms with Crippen LogP contribution in [0.5, 0.6) is 0 Å². The molecular formula is C22H26N4OS. The second kappa shape index (κ2) is 8.29. The highest BCUT2D eigenvalue weighted by Crippen LogP contribution is 2.30. The van der Waals surface area contributed by atoms with E-state index in [-0.39, 0.29) is 0 Å². The van der Waals surface area contributed by atoms with Crippen LogP contribution in [0.25, 0.3) is 10.9 Å². The monoisotopic (exact) mass is 394 g/mol. The fourth-order valence-electron chi connectivity index (χ4n) is 3.60. The zero-order chi connectivity index (χ0) is 19.5. The largest absolute Gasteiger partial charge is 0.383 e. The molecule has 0 spiro atoms. The molecule has 0 saturated carbocycles. The van der Waals surface area contributed by atoms with Gasteiger partial charge in [-0.1, -0.05) is 29.8 Å². The number of pyridine rings is 1. The predicted molar refractivity (Wildman–Crippen MR) is 118 cm³/mol. The average molecular weight is 395 g/mol. The number of rotatable bonds is 5. The van der Waals surface area contributed by atoms with Crippen molar-refractivity contribution in [3.63, 3.8) is 0 Å². The number of aryl methyl sites for hydroxylation is 1. The topological polar surface area (TPSA) is 57.3 Å². The third-order valence-corrected chi connectivity index (χ3v) is 6.53. The lowest BCUT2D eigenvalue weighted by atomic mass is 10.1. The summed E-state index contributed by atoms with van der Waals surface area (Å²) in [5, 5.41) is 7.86. The fraction of sp³-hybridized carbons (Fsp3) is 0.318. The summed E-state index contributed by atoms with van der Waals surface area (Å²) >= 11 is 0. The minimum absolute atomic E-state index is 0.618. The van der Waals surface area contributed by atoms with E-state index in [1.807, 2.05) is 25.2 Å². The lowest BCUT2D eigenvalue weighted by molar-refractivity contribution is 0.683. The molecule has 6 heteroatoms. The van der Waals surface area contributed by atoms with Gasteiger partial charge >= 0.3 is 0 Å². The minimum Gasteiger partial charge on any atom is -0.383 e. The second-order valence-electron chi connectivity index (χ2n) is 7.16. The van der Waals surface area contributed by atoms with Crippen molar-refractivity contribution in [2.45, 2.75) is 18.4 Å². The van der Waals surface area contributed by atoms with Gasteiger partial charge in [-0.05, 0) is 37.7 Å². The number of hydrogen-bond donors (Lipinski definition) is 2. The van der Waals surface area contributed by atoms with Gasteiger partial charge in [0, 0.05) is 54.0 Å². The van der Waals surface area contributed by atoms with Gasteiger partial charge in [0.15, 0.2) is 0 Å². The molecule has 1 unspecified atom stereocenters. The van der Waals surface area contributed by atoms with Gasteiger partial charge in [0.2, 0.25) is 0 Å². The van der Waals surface area contributed by atoms with Gasteiger partial charge in [0.25, 0.3) is 0 Å². The Morgan fingerprint density at radius 3 is 2.86 bits per heavy atom. The normalized spacial score (nSPS) is 16.6. The minimum atomic E-state index is -0.962. The van der Waals surface area contributed by atoms with Crippen molar-refractivity contribution in [1.29, 1.82) is 0 Å². The molecule has 28 heavy (non-hydrogen) atoms. The average Bonchev–Trinajstić information content (AvgIpc) is 2.87. The highest BCUT2D eigenvalue weighted by Gasteiger charge is 2.21. The molecular weight excluding hydrogens is 368 g/mol. The van der Waals surface area contributed by atoms with Crippen LogP contribution in [0.2, 0.25) is 0 Å². The van der Waals surface area contributed by atoms with Crippen molar-refractivity contribution in [2.24, 2.45) is 0 Å². The maximum absolute atomic E-state index is 12.6. The summed E-state index contributed by atoms with van der Waals surface area (Å²) in [5.74, 6) is 1.55. The standard InChI is InChI=1S/C22H26N4OS/c1-16-7-8-19-18(13-16)20(24-10-9-23-2)14-22(25-19)26-11-12-28(27)21-6-4-3-5-17(21)15-26/h3-8,13-14,23H,9-12,15H2,1-2H3,(H,24,25). The molecule has 0 fully saturated rings. The van der Waals surface area contributed by atoms with Crippen molar-refractivity contribution < 1.29 is 4.21 Å². The van der Waals surface area contributed by atoms with E-state index in [9.17, 15) is 4.21 Å². The number of benzene rings is 2. The van der Waals surface area contributed by atoms with Crippen LogP contribution in [0.4, 0.5) is 11.5 Å². The Hall–Kier alpha value is -2.44. The number of likely N-dealkylation sites (N-methyl/N-ethyl adjacent to an activating group) is 1. The molecule has 0 amide bonds. The molecule has 1 atom stereocenters. The molecule has 146 valence electrons. The molecule has 1 aliphatic rings. The molecule has 2 heterocycles. The quantitative estimate of drug-likeness (QED) is 0.651. The molecule has 0 saturated heterocycles. The summed E-state index contributed by atoms with van der Waals surface area (Å²) in [6.45, 7) is 5.28. The Labute approximate surface area is 168 Å². The molecule has 1 aliphatic heterocycles. The van der Waals surface area contributed by atoms with Crippen molar-refractivity contribution in [2.75, 3.05) is 42.7 Å². The first-order chi connectivity index (χ1) is 13.7. The molecule has 4 rings (SSSR count). The molecule has 0 aliphatic carbocycles. The highest BCUT2D eigenvalue weighted by atomic mass is 32.2. The lowest BCUT2D eigenvalue weighted by Gasteiger charge is -2.23. The van der Waals surface area contributed by atoms with Gasteiger partial charge in [-0.3, -0.25) is 4.21 Å². The maximum Gasteiger partial charge on any atom is 0.131 e. The van der Waals surface area contributed by atoms with Gasteiger partial charge in [-0.15, -0.1) is 0 Å². The summed E-state index contributed by atoms with van der Waals surface area (Å²) < 4.78 is 12.6. The zero-order valence-corrected chi connectivity index (χ0v) is 17.2. The summed E-state index contributed by atoms with van der Waals surface area (Å²) in [7, 11) is 0.993. The van der Waals surface area contributed by atoms with Crippen LogP contribution in [0.15, 0.2) is 53.4 Å². The number of fused-ring (bicyclic) bond motifs is 2. The first kappa shape index (κ1) is 18.9. The van der Waals surface area contributed by atoms with E-state index in [0.29, 0.717) is 5.75 Å². The van der Waals surface area contributed by atoms with Crippen LogP contribution < -0.4 is 15.5 Å². The fourth-order valence-corrected chi connectivity index (χ4v) is 4.86. The van der Waals surface area contributed by atoms with Crippen LogP contribution in [0, 0.1) is 6.92 Å². The van der Waals surface area contributed by atoms with Crippen LogP contribution in [-0.4, -0.2) is 41.6 Å². The second-order valence-corrected chi connectivity index (χ2v) is 8.70. The number of nitrogens with zero attached hydrogens (tertiary/aromatic N) is 2. The lowest BCUT2D eigenvalue weighted by Crippen LogP contribution is -2.26. The third-order valence-electron chi connectivity index (χ3n) is 5.09. The Morgan fingerprint density at radius 1 is 1.14 bits per heavy atom. The van der Waals surface area contributed by atoms with E-state index in [2.05, 4.69) is 52.8 Å². The highest BCUT2D eigenvalue weighted by molar-refractivity contribution is 7.85. The first-order valence-electron chi connectivity index (χ1n) is 9.67. The van der Waals surface area contributed by atoms with Crippen molar-refractivity contribution in [3.8, 4) is 0 Å². The summed E-state index contributed by atoms with van der Waals surface area (Å²) in [5.41, 5.74) is 4.41. The van der Waals surface area contributed by atoms with Gasteiger partial charge < -0.3 is 15.5 Å². The van der Waals surface area contributed by atoms with Crippen molar-refractivity contribution in [3.05, 3.63) is 59.7 Å². The van der Waals surface area contributed by atoms with Crippen LogP contribution in [0.3, 0.4) is 0 Å². The summed E-state index contributed by atoms with van der Waals surface area (Å²) in [6, 6.07) is 16.5. The SMILES string of the molecule is CNCCNc1cc(N2CCS(=O)c3ccccc3C2)nc2ccc(C)cc12. The Balaban J connectivity index is 1.74. The number of hydrogen-bond acceptors (Lipinski definition) is 5. The van der Waals surface area contributed by atoms with Crippen LogP contribution in [-0.2, 0) is 17.3 Å². The van der Waals surface area contributed by atoms with Crippen molar-refractivity contribution in [1.82, 2.24) is 10.3 Å². The van der Waals surface area contributed by atoms with E-state index in [0.717, 1.165) is 59.0 Å². The molecule has 1 aromatic heterocycles. The number of aromatic nitrogens is 1. The predicted octanol–water partition coefficient (Wildman–Crippen LogP) is 3.30.